The van der Waals surface area contributed by atoms with Crippen LogP contribution in [-0.2, 0) is 11.2 Å². The predicted molar refractivity (Wildman–Crippen MR) is 168 cm³/mol. The Hall–Kier alpha value is -4.65. The number of aromatic nitrogens is 3. The number of hydrogen-bond acceptors (Lipinski definition) is 6. The minimum atomic E-state index is -4.76. The number of carbonyl (C=O) groups excluding carboxylic acids is 2. The van der Waals surface area contributed by atoms with Crippen molar-refractivity contribution in [2.24, 2.45) is 4.99 Å². The molecule has 1 N–H and O–H groups in total. The fourth-order valence-corrected chi connectivity index (χ4v) is 5.72. The first-order chi connectivity index (χ1) is 21.4. The first-order valence-electron chi connectivity index (χ1n) is 14.2. The first kappa shape index (κ1) is 31.8. The zero-order chi connectivity index (χ0) is 32.3. The lowest BCUT2D eigenvalue weighted by atomic mass is 9.99. The van der Waals surface area contributed by atoms with Crippen molar-refractivity contribution < 1.29 is 27.5 Å². The van der Waals surface area contributed by atoms with Crippen LogP contribution in [0, 0.1) is 6.92 Å². The summed E-state index contributed by atoms with van der Waals surface area (Å²) in [6, 6.07) is 18.1. The number of urea groups is 1. The Balaban J connectivity index is 1.20. The van der Waals surface area contributed by atoms with Crippen LogP contribution in [0.1, 0.15) is 43.4 Å². The maximum absolute atomic E-state index is 12.9. The number of amidine groups is 1. The Labute approximate surface area is 262 Å². The Morgan fingerprint density at radius 1 is 1.07 bits per heavy atom. The standard InChI is InChI=1S/C32H31F3N6O3S/c1-19(2)26-14-5-20(3)15-27(26)41-28(42)17-45-31(41)38-30(43)37-21(4)16-22-6-8-23(9-7-22)29-36-18-40(39-29)24-10-12-25(13-11-24)44-32(33,34)35/h5-15,18-19,21H,16-17H2,1-4H3,(H,37,43). The predicted octanol–water partition coefficient (Wildman–Crippen LogP) is 7.04. The van der Waals surface area contributed by atoms with E-state index in [0.29, 0.717) is 23.1 Å². The molecule has 1 unspecified atom stereocenters. The van der Waals surface area contributed by atoms with Crippen molar-refractivity contribution in [1.82, 2.24) is 20.1 Å². The van der Waals surface area contributed by atoms with E-state index < -0.39 is 12.4 Å². The Morgan fingerprint density at radius 2 is 1.78 bits per heavy atom. The Morgan fingerprint density at radius 3 is 2.44 bits per heavy atom. The van der Waals surface area contributed by atoms with Gasteiger partial charge in [-0.15, -0.1) is 18.3 Å². The summed E-state index contributed by atoms with van der Waals surface area (Å²) in [5.41, 5.74) is 5.02. The molecule has 4 aromatic rings. The minimum Gasteiger partial charge on any atom is -0.406 e. The molecule has 2 heterocycles. The number of aryl methyl sites for hydroxylation is 1. The molecule has 3 amide bonds. The van der Waals surface area contributed by atoms with Crippen LogP contribution in [0.2, 0.25) is 0 Å². The van der Waals surface area contributed by atoms with E-state index in [2.05, 4.69) is 39.0 Å². The van der Waals surface area contributed by atoms with Gasteiger partial charge < -0.3 is 10.1 Å². The fourth-order valence-electron chi connectivity index (χ4n) is 4.86. The maximum Gasteiger partial charge on any atom is 0.573 e. The van der Waals surface area contributed by atoms with E-state index in [0.717, 1.165) is 27.9 Å². The third-order valence-electron chi connectivity index (χ3n) is 6.96. The van der Waals surface area contributed by atoms with E-state index in [1.807, 2.05) is 56.3 Å². The molecular formula is C32H31F3N6O3S. The molecule has 0 bridgehead atoms. The average molecular weight is 637 g/mol. The average Bonchev–Trinajstić information content (AvgIpc) is 3.60. The van der Waals surface area contributed by atoms with Crippen LogP contribution in [-0.4, -0.2) is 50.0 Å². The third-order valence-corrected chi connectivity index (χ3v) is 7.89. The summed E-state index contributed by atoms with van der Waals surface area (Å²) in [6.07, 6.45) is -2.75. The highest BCUT2D eigenvalue weighted by molar-refractivity contribution is 8.15. The lowest BCUT2D eigenvalue weighted by molar-refractivity contribution is -0.274. The number of hydrogen-bond donors (Lipinski definition) is 1. The summed E-state index contributed by atoms with van der Waals surface area (Å²) >= 11 is 1.25. The summed E-state index contributed by atoms with van der Waals surface area (Å²) < 4.78 is 42.6. The third kappa shape index (κ3) is 7.90. The van der Waals surface area contributed by atoms with Crippen molar-refractivity contribution in [2.45, 2.75) is 52.4 Å². The molecule has 1 fully saturated rings. The second kappa shape index (κ2) is 13.1. The van der Waals surface area contributed by atoms with Gasteiger partial charge in [0, 0.05) is 11.6 Å². The van der Waals surface area contributed by atoms with Crippen LogP contribution < -0.4 is 15.0 Å². The molecule has 3 aromatic carbocycles. The van der Waals surface area contributed by atoms with Crippen LogP contribution in [0.25, 0.3) is 17.1 Å². The molecule has 9 nitrogen and oxygen atoms in total. The van der Waals surface area contributed by atoms with Crippen molar-refractivity contribution in [3.05, 3.63) is 89.7 Å². The molecule has 0 spiro atoms. The second-order valence-electron chi connectivity index (χ2n) is 10.9. The maximum atomic E-state index is 12.9. The summed E-state index contributed by atoms with van der Waals surface area (Å²) in [6.45, 7) is 7.96. The zero-order valence-electron chi connectivity index (χ0n) is 25.0. The number of halogens is 3. The molecule has 1 aliphatic heterocycles. The van der Waals surface area contributed by atoms with Crippen molar-refractivity contribution >= 4 is 34.6 Å². The van der Waals surface area contributed by atoms with E-state index in [-0.39, 0.29) is 29.4 Å². The lowest BCUT2D eigenvalue weighted by Crippen LogP contribution is -2.35. The number of benzene rings is 3. The van der Waals surface area contributed by atoms with Crippen molar-refractivity contribution in [3.63, 3.8) is 0 Å². The van der Waals surface area contributed by atoms with Gasteiger partial charge >= 0.3 is 12.4 Å². The minimum absolute atomic E-state index is 0.111. The first-order valence-corrected chi connectivity index (χ1v) is 15.2. The smallest absolute Gasteiger partial charge is 0.406 e. The van der Waals surface area contributed by atoms with Gasteiger partial charge in [0.1, 0.15) is 12.1 Å². The van der Waals surface area contributed by atoms with Crippen molar-refractivity contribution in [3.8, 4) is 22.8 Å². The number of amides is 3. The molecular weight excluding hydrogens is 605 g/mol. The molecule has 45 heavy (non-hydrogen) atoms. The van der Waals surface area contributed by atoms with Crippen LogP contribution in [0.3, 0.4) is 0 Å². The van der Waals surface area contributed by atoms with Gasteiger partial charge in [0.15, 0.2) is 11.0 Å². The number of ether oxygens (including phenoxy) is 1. The van der Waals surface area contributed by atoms with Gasteiger partial charge in [-0.3, -0.25) is 9.69 Å². The van der Waals surface area contributed by atoms with Gasteiger partial charge in [-0.05, 0) is 73.2 Å². The molecule has 5 rings (SSSR count). The van der Waals surface area contributed by atoms with E-state index in [4.69, 9.17) is 0 Å². The van der Waals surface area contributed by atoms with Crippen LogP contribution in [0.15, 0.2) is 78.0 Å². The van der Waals surface area contributed by atoms with E-state index in [1.54, 1.807) is 4.90 Å². The molecule has 234 valence electrons. The number of aliphatic imine (C=N–C) groups is 1. The molecule has 13 heteroatoms. The molecule has 0 aliphatic carbocycles. The number of anilines is 1. The van der Waals surface area contributed by atoms with Crippen molar-refractivity contribution in [1.29, 1.82) is 0 Å². The molecule has 1 aromatic heterocycles. The van der Waals surface area contributed by atoms with Gasteiger partial charge in [-0.2, -0.15) is 4.99 Å². The number of alkyl halides is 3. The molecule has 0 radical (unpaired) electrons. The lowest BCUT2D eigenvalue weighted by Gasteiger charge is -2.22. The fraction of sp³-hybridized carbons (Fsp3) is 0.281. The van der Waals surface area contributed by atoms with Crippen molar-refractivity contribution in [2.75, 3.05) is 10.7 Å². The Kier molecular flexibility index (Phi) is 9.28. The number of thioether (sulfide) groups is 1. The van der Waals surface area contributed by atoms with E-state index >= 15 is 0 Å². The van der Waals surface area contributed by atoms with E-state index in [1.165, 1.54) is 47.0 Å². The van der Waals surface area contributed by atoms with Crippen LogP contribution >= 0.6 is 11.8 Å². The van der Waals surface area contributed by atoms with Gasteiger partial charge in [0.2, 0.25) is 5.91 Å². The van der Waals surface area contributed by atoms with Crippen LogP contribution in [0.5, 0.6) is 5.75 Å². The highest BCUT2D eigenvalue weighted by atomic mass is 32.2. The SMILES string of the molecule is Cc1ccc(C(C)C)c(N2C(=O)CSC2=NC(=O)NC(C)Cc2ccc(-c3ncn(-c4ccc(OC(F)(F)F)cc4)n3)cc2)c1. The number of rotatable bonds is 8. The molecule has 0 saturated carbocycles. The monoisotopic (exact) mass is 636 g/mol. The number of carbonyl (C=O) groups is 2. The van der Waals surface area contributed by atoms with E-state index in [9.17, 15) is 22.8 Å². The number of nitrogens with one attached hydrogen (secondary N) is 1. The normalized spacial score (nSPS) is 15.2. The molecule has 1 atom stereocenters. The second-order valence-corrected chi connectivity index (χ2v) is 11.9. The Bertz CT molecular complexity index is 1720. The quantitative estimate of drug-likeness (QED) is 0.223. The van der Waals surface area contributed by atoms with Gasteiger partial charge in [-0.25, -0.2) is 14.5 Å². The summed E-state index contributed by atoms with van der Waals surface area (Å²) in [5, 5.41) is 7.69. The van der Waals surface area contributed by atoms with Gasteiger partial charge in [0.25, 0.3) is 0 Å². The summed E-state index contributed by atoms with van der Waals surface area (Å²) in [7, 11) is 0. The number of nitrogens with zero attached hydrogens (tertiary/aromatic N) is 5. The molecule has 1 saturated heterocycles. The van der Waals surface area contributed by atoms with Crippen LogP contribution in [0.4, 0.5) is 23.7 Å². The summed E-state index contributed by atoms with van der Waals surface area (Å²) in [4.78, 5) is 35.8. The highest BCUT2D eigenvalue weighted by Gasteiger charge is 2.33. The van der Waals surface area contributed by atoms with Gasteiger partial charge in [0.05, 0.1) is 17.1 Å². The topological polar surface area (TPSA) is 102 Å². The van der Waals surface area contributed by atoms with Gasteiger partial charge in [-0.1, -0.05) is 62.0 Å². The zero-order valence-corrected chi connectivity index (χ0v) is 25.8. The summed E-state index contributed by atoms with van der Waals surface area (Å²) in [5.74, 6) is 0.415. The molecule has 1 aliphatic rings. The largest absolute Gasteiger partial charge is 0.573 e. The highest BCUT2D eigenvalue weighted by Crippen LogP contribution is 2.34.